The van der Waals surface area contributed by atoms with Gasteiger partial charge in [-0.1, -0.05) is 17.7 Å². The highest BCUT2D eigenvalue weighted by Crippen LogP contribution is 2.23. The van der Waals surface area contributed by atoms with Gasteiger partial charge in [0.25, 0.3) is 0 Å². The fraction of sp³-hybridized carbons (Fsp3) is 0.455. The van der Waals surface area contributed by atoms with E-state index in [9.17, 15) is 18.6 Å². The summed E-state index contributed by atoms with van der Waals surface area (Å²) in [6, 6.07) is 13.3. The normalized spacial score (nSPS) is 17.0. The summed E-state index contributed by atoms with van der Waals surface area (Å²) in [6.07, 6.45) is 0.928. The van der Waals surface area contributed by atoms with E-state index in [1.807, 2.05) is 19.1 Å². The third kappa shape index (κ3) is 6.18. The lowest BCUT2D eigenvalue weighted by atomic mass is 9.98. The topological polar surface area (TPSA) is 99.1 Å². The number of aromatic hydroxyl groups is 1. The molecule has 1 fully saturated rings. The van der Waals surface area contributed by atoms with Crippen LogP contribution in [0.25, 0.3) is 0 Å². The molecule has 164 valence electrons. The van der Waals surface area contributed by atoms with E-state index in [1.165, 1.54) is 12.1 Å². The molecule has 0 unspecified atom stereocenters. The summed E-state index contributed by atoms with van der Waals surface area (Å²) < 4.78 is 32.6. The summed E-state index contributed by atoms with van der Waals surface area (Å²) in [4.78, 5) is 0.349. The fourth-order valence-electron chi connectivity index (χ4n) is 3.46. The van der Waals surface area contributed by atoms with Crippen LogP contribution in [0.4, 0.5) is 0 Å². The first-order chi connectivity index (χ1) is 14.3. The molecule has 8 heteroatoms. The minimum Gasteiger partial charge on any atom is -0.508 e. The second kappa shape index (κ2) is 10.3. The molecule has 30 heavy (non-hydrogen) atoms. The number of aliphatic hydroxyl groups excluding tert-OH is 1. The largest absolute Gasteiger partial charge is 0.508 e. The Bertz CT molecular complexity index is 892. The van der Waals surface area contributed by atoms with E-state index in [4.69, 9.17) is 4.74 Å². The zero-order chi connectivity index (χ0) is 21.6. The molecular weight excluding hydrogens is 404 g/mol. The summed E-state index contributed by atoms with van der Waals surface area (Å²) in [6.45, 7) is 4.25. The lowest BCUT2D eigenvalue weighted by molar-refractivity contribution is 0.104. The number of phenolic OH excluding ortho intramolecular Hbond substituents is 1. The van der Waals surface area contributed by atoms with Gasteiger partial charge in [-0.05, 0) is 68.6 Å². The van der Waals surface area contributed by atoms with Crippen LogP contribution in [0.3, 0.4) is 0 Å². The monoisotopic (exact) mass is 434 g/mol. The van der Waals surface area contributed by atoms with Crippen LogP contribution in [0.15, 0.2) is 53.4 Å². The van der Waals surface area contributed by atoms with Crippen molar-refractivity contribution < 1.29 is 23.4 Å². The molecule has 1 aliphatic heterocycles. The number of rotatable bonds is 9. The molecule has 0 saturated carbocycles. The van der Waals surface area contributed by atoms with Gasteiger partial charge in [0.2, 0.25) is 10.0 Å². The van der Waals surface area contributed by atoms with Crippen LogP contribution in [0, 0.1) is 12.8 Å². The van der Waals surface area contributed by atoms with E-state index in [0.717, 1.165) is 24.9 Å². The summed E-state index contributed by atoms with van der Waals surface area (Å²) in [7, 11) is -3.43. The Morgan fingerprint density at radius 1 is 1.10 bits per heavy atom. The quantitative estimate of drug-likeness (QED) is 0.559. The van der Waals surface area contributed by atoms with Gasteiger partial charge in [-0.3, -0.25) is 0 Å². The van der Waals surface area contributed by atoms with Crippen molar-refractivity contribution in [2.75, 3.05) is 32.8 Å². The zero-order valence-corrected chi connectivity index (χ0v) is 18.0. The summed E-state index contributed by atoms with van der Waals surface area (Å²) in [5.41, 5.74) is 1.04. The van der Waals surface area contributed by atoms with E-state index < -0.39 is 16.1 Å². The number of benzene rings is 2. The summed E-state index contributed by atoms with van der Waals surface area (Å²) >= 11 is 0. The van der Waals surface area contributed by atoms with Crippen molar-refractivity contribution in [3.63, 3.8) is 0 Å². The molecule has 0 amide bonds. The molecule has 0 radical (unpaired) electrons. The van der Waals surface area contributed by atoms with Gasteiger partial charge >= 0.3 is 0 Å². The van der Waals surface area contributed by atoms with Crippen LogP contribution < -0.4 is 10.1 Å². The van der Waals surface area contributed by atoms with Crippen LogP contribution >= 0.6 is 0 Å². The van der Waals surface area contributed by atoms with Gasteiger partial charge in [0.15, 0.2) is 0 Å². The molecule has 0 spiro atoms. The molecule has 1 aliphatic rings. The average Bonchev–Trinajstić information content (AvgIpc) is 2.74. The van der Waals surface area contributed by atoms with E-state index in [1.54, 1.807) is 28.6 Å². The molecule has 7 nitrogen and oxygen atoms in total. The van der Waals surface area contributed by atoms with Crippen molar-refractivity contribution in [3.8, 4) is 11.5 Å². The number of ether oxygens (including phenoxy) is 1. The zero-order valence-electron chi connectivity index (χ0n) is 17.2. The molecule has 2 aromatic rings. The number of phenols is 1. The number of nitrogens with one attached hydrogen (secondary N) is 1. The Morgan fingerprint density at radius 2 is 1.73 bits per heavy atom. The Kier molecular flexibility index (Phi) is 7.71. The lowest BCUT2D eigenvalue weighted by Crippen LogP contribution is -2.42. The molecule has 1 heterocycles. The molecule has 0 aliphatic carbocycles. The van der Waals surface area contributed by atoms with Gasteiger partial charge in [0.1, 0.15) is 24.2 Å². The molecule has 0 aromatic heterocycles. The van der Waals surface area contributed by atoms with Gasteiger partial charge in [-0.15, -0.1) is 0 Å². The first-order valence-corrected chi connectivity index (χ1v) is 11.7. The Labute approximate surface area is 178 Å². The van der Waals surface area contributed by atoms with Crippen LogP contribution in [0.1, 0.15) is 18.4 Å². The summed E-state index contributed by atoms with van der Waals surface area (Å²) in [5, 5.41) is 22.6. The highest BCUT2D eigenvalue weighted by molar-refractivity contribution is 7.89. The maximum Gasteiger partial charge on any atom is 0.243 e. The minimum absolute atomic E-state index is 0.158. The number of sulfonamides is 1. The van der Waals surface area contributed by atoms with Crippen molar-refractivity contribution in [2.45, 2.75) is 30.8 Å². The fourth-order valence-corrected chi connectivity index (χ4v) is 4.93. The predicted molar refractivity (Wildman–Crippen MR) is 115 cm³/mol. The van der Waals surface area contributed by atoms with Crippen LogP contribution in [0.5, 0.6) is 11.5 Å². The molecule has 1 saturated heterocycles. The molecule has 0 bridgehead atoms. The molecule has 3 N–H and O–H groups in total. The number of aliphatic hydroxyl groups is 1. The second-order valence-electron chi connectivity index (χ2n) is 7.78. The number of piperidine rings is 1. The van der Waals surface area contributed by atoms with Crippen molar-refractivity contribution in [1.82, 2.24) is 9.62 Å². The lowest BCUT2D eigenvalue weighted by Gasteiger charge is -2.31. The van der Waals surface area contributed by atoms with Gasteiger partial charge < -0.3 is 20.3 Å². The van der Waals surface area contributed by atoms with Crippen molar-refractivity contribution >= 4 is 10.0 Å². The predicted octanol–water partition coefficient (Wildman–Crippen LogP) is 2.13. The van der Waals surface area contributed by atoms with E-state index in [-0.39, 0.29) is 12.4 Å². The number of hydrogen-bond donors (Lipinski definition) is 3. The van der Waals surface area contributed by atoms with Gasteiger partial charge in [-0.25, -0.2) is 8.42 Å². The van der Waals surface area contributed by atoms with Crippen LogP contribution in [0.2, 0.25) is 0 Å². The number of aryl methyl sites for hydroxylation is 1. The first kappa shape index (κ1) is 22.6. The van der Waals surface area contributed by atoms with Gasteiger partial charge in [0, 0.05) is 19.6 Å². The second-order valence-corrected chi connectivity index (χ2v) is 9.72. The van der Waals surface area contributed by atoms with Crippen molar-refractivity contribution in [3.05, 3.63) is 54.1 Å². The van der Waals surface area contributed by atoms with Gasteiger partial charge in [-0.2, -0.15) is 4.31 Å². The number of hydrogen-bond acceptors (Lipinski definition) is 6. The van der Waals surface area contributed by atoms with E-state index in [2.05, 4.69) is 5.32 Å². The summed E-state index contributed by atoms with van der Waals surface area (Å²) in [5.74, 6) is 1.14. The molecule has 2 aromatic carbocycles. The highest BCUT2D eigenvalue weighted by Gasteiger charge is 2.29. The Hall–Kier alpha value is -2.13. The maximum atomic E-state index is 12.8. The van der Waals surface area contributed by atoms with Crippen LogP contribution in [-0.2, 0) is 10.0 Å². The van der Waals surface area contributed by atoms with Crippen LogP contribution in [-0.4, -0.2) is 61.8 Å². The highest BCUT2D eigenvalue weighted by atomic mass is 32.2. The smallest absolute Gasteiger partial charge is 0.243 e. The van der Waals surface area contributed by atoms with Crippen molar-refractivity contribution in [1.29, 1.82) is 0 Å². The third-order valence-electron chi connectivity index (χ3n) is 5.32. The Balaban J connectivity index is 1.36. The average molecular weight is 435 g/mol. The molecule has 1 atom stereocenters. The minimum atomic E-state index is -3.43. The Morgan fingerprint density at radius 3 is 2.37 bits per heavy atom. The molecule has 3 rings (SSSR count). The number of nitrogens with zero attached hydrogens (tertiary/aromatic N) is 1. The SMILES string of the molecule is Cc1ccc(S(=O)(=O)N2CCC(CNC[C@H](O)COc3ccc(O)cc3)CC2)cc1. The maximum absolute atomic E-state index is 12.8. The third-order valence-corrected chi connectivity index (χ3v) is 7.24. The van der Waals surface area contributed by atoms with E-state index in [0.29, 0.717) is 36.2 Å². The van der Waals surface area contributed by atoms with Crippen molar-refractivity contribution in [2.24, 2.45) is 5.92 Å². The van der Waals surface area contributed by atoms with Gasteiger partial charge in [0.05, 0.1) is 4.90 Å². The standard InChI is InChI=1S/C22H30N2O5S/c1-17-2-8-22(9-3-17)30(27,28)24-12-10-18(11-13-24)14-23-15-20(26)16-29-21-6-4-19(25)5-7-21/h2-9,18,20,23,25-26H,10-16H2,1H3/t20-/m0/s1. The van der Waals surface area contributed by atoms with E-state index >= 15 is 0 Å². The first-order valence-electron chi connectivity index (χ1n) is 10.2. The molecular formula is C22H30N2O5S.